The first kappa shape index (κ1) is 23.8. The van der Waals surface area contributed by atoms with Crippen LogP contribution in [0.2, 0.25) is 5.21 Å². The third-order valence-corrected chi connectivity index (χ3v) is 8.45. The third kappa shape index (κ3) is 3.73. The Balaban J connectivity index is 1.62. The molecule has 174 valence electrons. The van der Waals surface area contributed by atoms with Gasteiger partial charge < -0.3 is 23.5 Å². The van der Waals surface area contributed by atoms with Gasteiger partial charge in [-0.2, -0.15) is 0 Å². The second kappa shape index (κ2) is 7.59. The SMILES string of the molecule is CC1(C)OB(C2(B3OC(C)(C)C(C)(C)O3)CCN(C(=O)c3ccccc3)CC2)OC1(C)C. The van der Waals surface area contributed by atoms with Gasteiger partial charge in [0.15, 0.2) is 0 Å². The molecule has 3 saturated heterocycles. The van der Waals surface area contributed by atoms with E-state index in [9.17, 15) is 4.79 Å². The van der Waals surface area contributed by atoms with E-state index in [4.69, 9.17) is 18.6 Å². The number of benzene rings is 1. The summed E-state index contributed by atoms with van der Waals surface area (Å²) >= 11 is 0. The summed E-state index contributed by atoms with van der Waals surface area (Å²) in [6, 6.07) is 9.46. The fourth-order valence-corrected chi connectivity index (χ4v) is 4.63. The van der Waals surface area contributed by atoms with Crippen LogP contribution in [0.1, 0.15) is 78.6 Å². The zero-order chi connectivity index (χ0) is 23.6. The molecule has 0 bridgehead atoms. The van der Waals surface area contributed by atoms with Crippen molar-refractivity contribution < 1.29 is 23.4 Å². The molecule has 1 aromatic rings. The fraction of sp³-hybridized carbons (Fsp3) is 0.708. The molecule has 8 heteroatoms. The van der Waals surface area contributed by atoms with Crippen LogP contribution in [0.3, 0.4) is 0 Å². The molecule has 0 N–H and O–H groups in total. The van der Waals surface area contributed by atoms with Gasteiger partial charge in [0.05, 0.1) is 22.4 Å². The summed E-state index contributed by atoms with van der Waals surface area (Å²) in [4.78, 5) is 15.0. The molecule has 4 rings (SSSR count). The Hall–Kier alpha value is -1.34. The maximum Gasteiger partial charge on any atom is 0.462 e. The first-order valence-electron chi connectivity index (χ1n) is 11.8. The van der Waals surface area contributed by atoms with Gasteiger partial charge in [0, 0.05) is 23.9 Å². The highest BCUT2D eigenvalue weighted by Crippen LogP contribution is 2.56. The van der Waals surface area contributed by atoms with Crippen molar-refractivity contribution in [1.82, 2.24) is 4.90 Å². The van der Waals surface area contributed by atoms with Crippen LogP contribution in [0.15, 0.2) is 30.3 Å². The molecule has 1 aromatic carbocycles. The largest absolute Gasteiger partial charge is 0.462 e. The summed E-state index contributed by atoms with van der Waals surface area (Å²) < 4.78 is 26.2. The molecule has 0 aromatic heterocycles. The minimum atomic E-state index is -0.510. The lowest BCUT2D eigenvalue weighted by Gasteiger charge is -2.43. The second-order valence-electron chi connectivity index (χ2n) is 11.6. The second-order valence-corrected chi connectivity index (χ2v) is 11.6. The van der Waals surface area contributed by atoms with Crippen LogP contribution < -0.4 is 0 Å². The predicted octanol–water partition coefficient (Wildman–Crippen LogP) is 4.39. The molecule has 0 aliphatic carbocycles. The molecule has 0 atom stereocenters. The highest BCUT2D eigenvalue weighted by atomic mass is 16.7. The Morgan fingerprint density at radius 1 is 0.719 bits per heavy atom. The molecule has 3 aliphatic rings. The summed E-state index contributed by atoms with van der Waals surface area (Å²) in [5.74, 6) is 0.0574. The Bertz CT molecular complexity index is 792. The van der Waals surface area contributed by atoms with E-state index in [1.54, 1.807) is 0 Å². The summed E-state index contributed by atoms with van der Waals surface area (Å²) in [5, 5.41) is -0.510. The van der Waals surface area contributed by atoms with Crippen molar-refractivity contribution in [3.05, 3.63) is 35.9 Å². The molecule has 3 fully saturated rings. The minimum Gasteiger partial charge on any atom is -0.403 e. The number of rotatable bonds is 3. The lowest BCUT2D eigenvalue weighted by molar-refractivity contribution is 0.00578. The molecular weight excluding hydrogens is 404 g/mol. The number of amides is 1. The average molecular weight is 441 g/mol. The summed E-state index contributed by atoms with van der Waals surface area (Å²) in [5.41, 5.74) is -1.10. The van der Waals surface area contributed by atoms with Gasteiger partial charge in [-0.1, -0.05) is 18.2 Å². The number of nitrogens with zero attached hydrogens (tertiary/aromatic N) is 1. The lowest BCUT2D eigenvalue weighted by Crippen LogP contribution is -2.55. The van der Waals surface area contributed by atoms with E-state index in [1.165, 1.54) is 0 Å². The number of carbonyl (C=O) groups is 1. The molecule has 0 spiro atoms. The van der Waals surface area contributed by atoms with Crippen LogP contribution in [0.4, 0.5) is 0 Å². The maximum absolute atomic E-state index is 13.1. The maximum atomic E-state index is 13.1. The van der Waals surface area contributed by atoms with E-state index in [0.717, 1.165) is 0 Å². The van der Waals surface area contributed by atoms with Crippen LogP contribution >= 0.6 is 0 Å². The number of likely N-dealkylation sites (tertiary alicyclic amines) is 1. The normalized spacial score (nSPS) is 27.6. The van der Waals surface area contributed by atoms with Gasteiger partial charge in [-0.25, -0.2) is 0 Å². The molecule has 3 aliphatic heterocycles. The summed E-state index contributed by atoms with van der Waals surface area (Å²) in [6.07, 6.45) is 1.36. The van der Waals surface area contributed by atoms with E-state index >= 15 is 0 Å². The molecule has 32 heavy (non-hydrogen) atoms. The highest BCUT2D eigenvalue weighted by molar-refractivity contribution is 6.71. The van der Waals surface area contributed by atoms with Crippen LogP contribution in [-0.4, -0.2) is 60.5 Å². The predicted molar refractivity (Wildman–Crippen MR) is 126 cm³/mol. The molecular formula is C24H37B2NO5. The fourth-order valence-electron chi connectivity index (χ4n) is 4.63. The van der Waals surface area contributed by atoms with Crippen molar-refractivity contribution in [2.24, 2.45) is 0 Å². The Labute approximate surface area is 193 Å². The average Bonchev–Trinajstić information content (AvgIpc) is 3.08. The Morgan fingerprint density at radius 3 is 1.47 bits per heavy atom. The van der Waals surface area contributed by atoms with Crippen LogP contribution in [0, 0.1) is 0 Å². The molecule has 0 saturated carbocycles. The molecule has 0 radical (unpaired) electrons. The molecule has 1 amide bonds. The van der Waals surface area contributed by atoms with E-state index in [-0.39, 0.29) is 5.91 Å². The summed E-state index contributed by atoms with van der Waals surface area (Å²) in [6.45, 7) is 17.7. The zero-order valence-corrected chi connectivity index (χ0v) is 20.9. The number of carbonyl (C=O) groups excluding carboxylic acids is 1. The third-order valence-electron chi connectivity index (χ3n) is 8.45. The van der Waals surface area contributed by atoms with Gasteiger partial charge in [-0.05, 0) is 80.4 Å². The number of hydrogen-bond donors (Lipinski definition) is 0. The van der Waals surface area contributed by atoms with Gasteiger partial charge in [0.2, 0.25) is 0 Å². The van der Waals surface area contributed by atoms with E-state index in [0.29, 0.717) is 31.5 Å². The first-order chi connectivity index (χ1) is 14.7. The van der Waals surface area contributed by atoms with Gasteiger partial charge in [0.25, 0.3) is 5.91 Å². The minimum absolute atomic E-state index is 0.0574. The van der Waals surface area contributed by atoms with E-state index < -0.39 is 41.9 Å². The zero-order valence-electron chi connectivity index (χ0n) is 20.9. The van der Waals surface area contributed by atoms with Crippen LogP contribution in [-0.2, 0) is 18.6 Å². The standard InChI is InChI=1S/C24H37B2NO5/c1-20(2)21(3,4)30-25(29-20)24(26-31-22(5,6)23(7,8)32-26)14-16-27(17-15-24)19(28)18-12-10-9-11-13-18/h9-13H,14-17H2,1-8H3. The van der Waals surface area contributed by atoms with Crippen LogP contribution in [0.25, 0.3) is 0 Å². The van der Waals surface area contributed by atoms with E-state index in [1.807, 2.05) is 35.2 Å². The smallest absolute Gasteiger partial charge is 0.403 e. The van der Waals surface area contributed by atoms with Crippen molar-refractivity contribution >= 4 is 20.1 Å². The topological polar surface area (TPSA) is 57.2 Å². The van der Waals surface area contributed by atoms with Gasteiger partial charge >= 0.3 is 14.2 Å². The van der Waals surface area contributed by atoms with Crippen molar-refractivity contribution in [1.29, 1.82) is 0 Å². The number of piperidine rings is 1. The molecule has 0 unspecified atom stereocenters. The van der Waals surface area contributed by atoms with E-state index in [2.05, 4.69) is 55.4 Å². The highest BCUT2D eigenvalue weighted by Gasteiger charge is 2.69. The lowest BCUT2D eigenvalue weighted by atomic mass is 9.35. The molecule has 3 heterocycles. The van der Waals surface area contributed by atoms with Crippen molar-refractivity contribution in [3.8, 4) is 0 Å². The number of hydrogen-bond acceptors (Lipinski definition) is 5. The van der Waals surface area contributed by atoms with Crippen LogP contribution in [0.5, 0.6) is 0 Å². The van der Waals surface area contributed by atoms with Gasteiger partial charge in [0.1, 0.15) is 0 Å². The monoisotopic (exact) mass is 441 g/mol. The Morgan fingerprint density at radius 2 is 1.09 bits per heavy atom. The van der Waals surface area contributed by atoms with Crippen molar-refractivity contribution in [2.75, 3.05) is 13.1 Å². The molecule has 6 nitrogen and oxygen atoms in total. The van der Waals surface area contributed by atoms with Crippen molar-refractivity contribution in [3.63, 3.8) is 0 Å². The van der Waals surface area contributed by atoms with Crippen molar-refractivity contribution in [2.45, 2.75) is 95.8 Å². The Kier molecular flexibility index (Phi) is 5.65. The van der Waals surface area contributed by atoms with Gasteiger partial charge in [-0.15, -0.1) is 0 Å². The van der Waals surface area contributed by atoms with Gasteiger partial charge in [-0.3, -0.25) is 4.79 Å². The first-order valence-corrected chi connectivity index (χ1v) is 11.8. The quantitative estimate of drug-likeness (QED) is 0.652. The summed E-state index contributed by atoms with van der Waals surface area (Å²) in [7, 11) is -0.952.